The maximum Gasteiger partial charge on any atom is 0.308 e. The maximum absolute atomic E-state index is 14.5. The van der Waals surface area contributed by atoms with Crippen LogP contribution in [0.4, 0.5) is 10.1 Å². The van der Waals surface area contributed by atoms with E-state index in [0.717, 1.165) is 87.6 Å². The summed E-state index contributed by atoms with van der Waals surface area (Å²) in [4.78, 5) is 45.9. The minimum atomic E-state index is -0.831. The number of nitrogens with zero attached hydrogens (tertiary/aromatic N) is 3. The summed E-state index contributed by atoms with van der Waals surface area (Å²) in [5.41, 5.74) is 3.29. The summed E-state index contributed by atoms with van der Waals surface area (Å²) in [6.07, 6.45) is 10.2. The minimum absolute atomic E-state index is 0.0303. The largest absolute Gasteiger partial charge is 0.493 e. The summed E-state index contributed by atoms with van der Waals surface area (Å²) < 4.78 is 20.1. The Balaban J connectivity index is 1.42. The molecule has 0 saturated carbocycles. The standard InChI is InChI=1S/C40H56FN3O5/c1-5-9-31(10-6-2)44(32-16-17-34(41)27(3)23-32)38(46)26-43-25-33(29-15-18-36-30(24-29)20-22-49-36)39(40(47)48)35(43)13-7-11-28-12-8-21-42(4)37(45)19-14-28/h15-18,23-24,28,31,33,35,39H,5-14,19-22,25-26H2,1-4H3,(H,47,48)/t28?,33-,35+,39-/m1/s1. The summed E-state index contributed by atoms with van der Waals surface area (Å²) in [6, 6.07) is 10.6. The monoisotopic (exact) mass is 677 g/mol. The summed E-state index contributed by atoms with van der Waals surface area (Å²) in [6.45, 7) is 7.94. The second-order valence-corrected chi connectivity index (χ2v) is 14.7. The third-order valence-corrected chi connectivity index (χ3v) is 11.2. The van der Waals surface area contributed by atoms with Crippen LogP contribution < -0.4 is 9.64 Å². The van der Waals surface area contributed by atoms with E-state index in [0.29, 0.717) is 43.2 Å². The van der Waals surface area contributed by atoms with Gasteiger partial charge in [-0.15, -0.1) is 0 Å². The van der Waals surface area contributed by atoms with E-state index in [1.807, 2.05) is 29.0 Å². The predicted octanol–water partition coefficient (Wildman–Crippen LogP) is 7.36. The van der Waals surface area contributed by atoms with Crippen molar-refractivity contribution in [2.75, 3.05) is 38.2 Å². The molecule has 8 nitrogen and oxygen atoms in total. The fourth-order valence-electron chi connectivity index (χ4n) is 8.59. The van der Waals surface area contributed by atoms with E-state index < -0.39 is 11.9 Å². The quantitative estimate of drug-likeness (QED) is 0.225. The molecule has 0 bridgehead atoms. The predicted molar refractivity (Wildman–Crippen MR) is 191 cm³/mol. The number of hydrogen-bond acceptors (Lipinski definition) is 5. The topological polar surface area (TPSA) is 90.4 Å². The van der Waals surface area contributed by atoms with Gasteiger partial charge in [-0.05, 0) is 92.3 Å². The van der Waals surface area contributed by atoms with Crippen molar-refractivity contribution in [1.29, 1.82) is 0 Å². The first kappa shape index (κ1) is 36.8. The van der Waals surface area contributed by atoms with E-state index in [1.165, 1.54) is 6.07 Å². The highest BCUT2D eigenvalue weighted by Crippen LogP contribution is 2.42. The van der Waals surface area contributed by atoms with Crippen molar-refractivity contribution >= 4 is 23.5 Å². The number of rotatable bonds is 14. The van der Waals surface area contributed by atoms with Crippen LogP contribution in [0.2, 0.25) is 0 Å². The number of halogens is 1. The maximum atomic E-state index is 14.5. The zero-order valence-corrected chi connectivity index (χ0v) is 30.0. The molecule has 49 heavy (non-hydrogen) atoms. The summed E-state index contributed by atoms with van der Waals surface area (Å²) >= 11 is 0. The van der Waals surface area contributed by atoms with Crippen molar-refractivity contribution in [2.45, 2.75) is 116 Å². The number of carbonyl (C=O) groups is 3. The molecule has 268 valence electrons. The van der Waals surface area contributed by atoms with Crippen LogP contribution in [0, 0.1) is 24.6 Å². The number of anilines is 1. The number of ether oxygens (including phenoxy) is 1. The molecule has 5 rings (SSSR count). The van der Waals surface area contributed by atoms with Gasteiger partial charge in [-0.3, -0.25) is 19.3 Å². The molecule has 0 aliphatic carbocycles. The third kappa shape index (κ3) is 8.83. The van der Waals surface area contributed by atoms with Gasteiger partial charge in [-0.1, -0.05) is 51.7 Å². The van der Waals surface area contributed by atoms with Gasteiger partial charge in [0.25, 0.3) is 0 Å². The van der Waals surface area contributed by atoms with Crippen LogP contribution in [0.3, 0.4) is 0 Å². The number of carbonyl (C=O) groups excluding carboxylic acids is 2. The summed E-state index contributed by atoms with van der Waals surface area (Å²) in [5.74, 6) is -0.631. The molecule has 2 amide bonds. The van der Waals surface area contributed by atoms with Crippen molar-refractivity contribution in [3.8, 4) is 5.75 Å². The molecule has 3 heterocycles. The van der Waals surface area contributed by atoms with Crippen LogP contribution in [0.25, 0.3) is 0 Å². The van der Waals surface area contributed by atoms with Gasteiger partial charge in [0, 0.05) is 56.7 Å². The van der Waals surface area contributed by atoms with Crippen molar-refractivity contribution in [2.24, 2.45) is 11.8 Å². The van der Waals surface area contributed by atoms with E-state index in [9.17, 15) is 23.9 Å². The Kier molecular flexibility index (Phi) is 12.7. The second kappa shape index (κ2) is 17.0. The van der Waals surface area contributed by atoms with E-state index in [1.54, 1.807) is 19.1 Å². The van der Waals surface area contributed by atoms with Crippen molar-refractivity contribution in [1.82, 2.24) is 9.80 Å². The molecule has 1 N–H and O–H groups in total. The Labute approximate surface area is 292 Å². The zero-order valence-electron chi connectivity index (χ0n) is 30.0. The number of likely N-dealkylation sites (tertiary alicyclic amines) is 2. The highest BCUT2D eigenvalue weighted by molar-refractivity contribution is 5.95. The SMILES string of the molecule is CCCC(CCC)N(C(=O)CN1C[C@H](c2ccc3c(c2)CCO3)[C@@H](C(=O)O)[C@@H]1CCCC1CCCN(C)C(=O)CC1)c1ccc(F)c(C)c1. The Hall–Kier alpha value is -3.46. The lowest BCUT2D eigenvalue weighted by Gasteiger charge is -2.35. The smallest absolute Gasteiger partial charge is 0.308 e. The molecule has 0 aromatic heterocycles. The number of amides is 2. The Morgan fingerprint density at radius 2 is 1.84 bits per heavy atom. The highest BCUT2D eigenvalue weighted by atomic mass is 19.1. The van der Waals surface area contributed by atoms with Crippen molar-refractivity contribution in [3.05, 3.63) is 58.9 Å². The van der Waals surface area contributed by atoms with Crippen LogP contribution in [0.1, 0.15) is 107 Å². The first-order valence-corrected chi connectivity index (χ1v) is 18.7. The Morgan fingerprint density at radius 1 is 1.06 bits per heavy atom. The molecule has 3 aliphatic rings. The third-order valence-electron chi connectivity index (χ3n) is 11.2. The van der Waals surface area contributed by atoms with Crippen LogP contribution in [0.15, 0.2) is 36.4 Å². The second-order valence-electron chi connectivity index (χ2n) is 14.7. The lowest BCUT2D eigenvalue weighted by molar-refractivity contribution is -0.143. The van der Waals surface area contributed by atoms with Gasteiger partial charge in [0.15, 0.2) is 0 Å². The van der Waals surface area contributed by atoms with E-state index in [2.05, 4.69) is 24.8 Å². The zero-order chi connectivity index (χ0) is 35.1. The van der Waals surface area contributed by atoms with Crippen LogP contribution in [-0.4, -0.2) is 78.1 Å². The Bertz CT molecular complexity index is 1460. The molecule has 9 heteroatoms. The number of aryl methyl sites for hydroxylation is 1. The number of carboxylic acid groups (broad SMARTS) is 1. The fraction of sp³-hybridized carbons (Fsp3) is 0.625. The molecule has 4 atom stereocenters. The average molecular weight is 678 g/mol. The number of fused-ring (bicyclic) bond motifs is 1. The molecule has 2 aromatic rings. The van der Waals surface area contributed by atoms with Crippen LogP contribution >= 0.6 is 0 Å². The minimum Gasteiger partial charge on any atom is -0.493 e. The van der Waals surface area contributed by atoms with Gasteiger partial charge in [0.05, 0.1) is 19.1 Å². The molecule has 2 aromatic carbocycles. The van der Waals surface area contributed by atoms with Gasteiger partial charge in [0.2, 0.25) is 11.8 Å². The molecule has 1 unspecified atom stereocenters. The van der Waals surface area contributed by atoms with Crippen LogP contribution in [0.5, 0.6) is 5.75 Å². The van der Waals surface area contributed by atoms with Gasteiger partial charge in [-0.2, -0.15) is 0 Å². The van der Waals surface area contributed by atoms with Crippen molar-refractivity contribution in [3.63, 3.8) is 0 Å². The fourth-order valence-corrected chi connectivity index (χ4v) is 8.59. The van der Waals surface area contributed by atoms with Crippen molar-refractivity contribution < 1.29 is 28.6 Å². The normalized spacial score (nSPS) is 22.9. The lowest BCUT2D eigenvalue weighted by atomic mass is 9.82. The lowest BCUT2D eigenvalue weighted by Crippen LogP contribution is -2.48. The van der Waals surface area contributed by atoms with Crippen LogP contribution in [-0.2, 0) is 20.8 Å². The number of hydrogen-bond donors (Lipinski definition) is 1. The first-order valence-electron chi connectivity index (χ1n) is 18.7. The van der Waals surface area contributed by atoms with Gasteiger partial charge in [0.1, 0.15) is 11.6 Å². The molecular weight excluding hydrogens is 621 g/mol. The van der Waals surface area contributed by atoms with E-state index in [-0.39, 0.29) is 42.2 Å². The number of aliphatic carboxylic acids is 1. The molecular formula is C40H56FN3O5. The average Bonchev–Trinajstić information content (AvgIpc) is 3.68. The molecule has 2 fully saturated rings. The van der Waals surface area contributed by atoms with Gasteiger partial charge < -0.3 is 19.6 Å². The molecule has 3 aliphatic heterocycles. The van der Waals surface area contributed by atoms with E-state index >= 15 is 0 Å². The van der Waals surface area contributed by atoms with E-state index in [4.69, 9.17) is 4.74 Å². The highest BCUT2D eigenvalue weighted by Gasteiger charge is 2.47. The molecule has 2 saturated heterocycles. The number of benzene rings is 2. The summed E-state index contributed by atoms with van der Waals surface area (Å²) in [7, 11) is 1.88. The molecule has 0 radical (unpaired) electrons. The summed E-state index contributed by atoms with van der Waals surface area (Å²) in [5, 5.41) is 10.8. The van der Waals surface area contributed by atoms with Gasteiger partial charge >= 0.3 is 5.97 Å². The Morgan fingerprint density at radius 3 is 2.55 bits per heavy atom. The van der Waals surface area contributed by atoms with Gasteiger partial charge in [-0.25, -0.2) is 4.39 Å². The molecule has 0 spiro atoms. The first-order chi connectivity index (χ1) is 23.6. The number of carboxylic acids is 1.